The van der Waals surface area contributed by atoms with Crippen LogP contribution in [0.2, 0.25) is 0 Å². The number of likely N-dealkylation sites (tertiary alicyclic amines) is 1. The second kappa shape index (κ2) is 7.08. The van der Waals surface area contributed by atoms with Gasteiger partial charge in [-0.2, -0.15) is 0 Å². The Balaban J connectivity index is 2.08. The summed E-state index contributed by atoms with van der Waals surface area (Å²) in [6.07, 6.45) is 1.89. The summed E-state index contributed by atoms with van der Waals surface area (Å²) in [5, 5.41) is 7.51. The van der Waals surface area contributed by atoms with Crippen molar-refractivity contribution in [3.8, 4) is 0 Å². The second-order valence-electron chi connectivity index (χ2n) is 6.15. The van der Waals surface area contributed by atoms with E-state index in [1.165, 1.54) is 6.92 Å². The maximum Gasteiger partial charge on any atom is 0.225 e. The lowest BCUT2D eigenvalue weighted by Gasteiger charge is -2.38. The van der Waals surface area contributed by atoms with E-state index in [1.54, 1.807) is 30.9 Å². The molecular formula is C15H24N4O4. The number of amides is 2. The van der Waals surface area contributed by atoms with E-state index in [9.17, 15) is 9.59 Å². The fraction of sp³-hybridized carbons (Fsp3) is 0.733. The first-order chi connectivity index (χ1) is 10.9. The van der Waals surface area contributed by atoms with Crippen molar-refractivity contribution in [3.63, 3.8) is 0 Å². The molecule has 0 N–H and O–H groups in total. The molecule has 2 amide bonds. The van der Waals surface area contributed by atoms with Crippen molar-refractivity contribution in [2.75, 3.05) is 27.3 Å². The van der Waals surface area contributed by atoms with E-state index >= 15 is 0 Å². The highest BCUT2D eigenvalue weighted by Gasteiger charge is 2.44. The molecule has 1 atom stereocenters. The Labute approximate surface area is 135 Å². The molecule has 0 saturated carbocycles. The Morgan fingerprint density at radius 3 is 2.74 bits per heavy atom. The van der Waals surface area contributed by atoms with Crippen LogP contribution in [-0.2, 0) is 20.9 Å². The molecule has 23 heavy (non-hydrogen) atoms. The molecule has 8 heteroatoms. The van der Waals surface area contributed by atoms with Crippen LogP contribution in [-0.4, -0.2) is 64.8 Å². The van der Waals surface area contributed by atoms with Gasteiger partial charge in [0.1, 0.15) is 11.4 Å². The SMILES string of the molecule is COCC1(CC(=O)N(C)Cc2nonc2C)CCCN1C(C)=O. The summed E-state index contributed by atoms with van der Waals surface area (Å²) in [4.78, 5) is 27.9. The van der Waals surface area contributed by atoms with Gasteiger partial charge in [-0.1, -0.05) is 10.3 Å². The quantitative estimate of drug-likeness (QED) is 0.767. The molecule has 1 aliphatic heterocycles. The molecule has 8 nitrogen and oxygen atoms in total. The van der Waals surface area contributed by atoms with Gasteiger partial charge in [0.25, 0.3) is 0 Å². The number of nitrogens with zero attached hydrogens (tertiary/aromatic N) is 4. The Bertz CT molecular complexity index is 574. The fourth-order valence-corrected chi connectivity index (χ4v) is 3.21. The molecule has 2 rings (SSSR count). The molecule has 128 valence electrons. The molecule has 1 saturated heterocycles. The maximum absolute atomic E-state index is 12.6. The zero-order chi connectivity index (χ0) is 17.0. The molecule has 0 aromatic carbocycles. The van der Waals surface area contributed by atoms with Crippen LogP contribution >= 0.6 is 0 Å². The second-order valence-corrected chi connectivity index (χ2v) is 6.15. The normalized spacial score (nSPS) is 20.8. The molecule has 0 bridgehead atoms. The smallest absolute Gasteiger partial charge is 0.225 e. The van der Waals surface area contributed by atoms with Crippen LogP contribution in [0.25, 0.3) is 0 Å². The van der Waals surface area contributed by atoms with Gasteiger partial charge in [-0.05, 0) is 19.8 Å². The molecule has 1 aromatic rings. The summed E-state index contributed by atoms with van der Waals surface area (Å²) in [5.41, 5.74) is 0.752. The Kier molecular flexibility index (Phi) is 5.35. The summed E-state index contributed by atoms with van der Waals surface area (Å²) >= 11 is 0. The molecule has 1 aromatic heterocycles. The highest BCUT2D eigenvalue weighted by atomic mass is 16.6. The van der Waals surface area contributed by atoms with Crippen LogP contribution in [0.4, 0.5) is 0 Å². The van der Waals surface area contributed by atoms with Crippen LogP contribution in [0.3, 0.4) is 0 Å². The third-order valence-corrected chi connectivity index (χ3v) is 4.43. The van der Waals surface area contributed by atoms with Gasteiger partial charge in [-0.3, -0.25) is 9.59 Å². The van der Waals surface area contributed by atoms with Crippen LogP contribution in [0.1, 0.15) is 37.6 Å². The van der Waals surface area contributed by atoms with Crippen molar-refractivity contribution in [2.24, 2.45) is 0 Å². The lowest BCUT2D eigenvalue weighted by atomic mass is 9.92. The third-order valence-electron chi connectivity index (χ3n) is 4.43. The number of carbonyl (C=O) groups excluding carboxylic acids is 2. The predicted molar refractivity (Wildman–Crippen MR) is 81.4 cm³/mol. The first-order valence-electron chi connectivity index (χ1n) is 7.69. The van der Waals surface area contributed by atoms with Gasteiger partial charge in [0.15, 0.2) is 0 Å². The summed E-state index contributed by atoms with van der Waals surface area (Å²) in [7, 11) is 3.31. The predicted octanol–water partition coefficient (Wildman–Crippen LogP) is 0.754. The largest absolute Gasteiger partial charge is 0.382 e. The molecule has 1 aliphatic rings. The molecule has 0 aliphatic carbocycles. The molecular weight excluding hydrogens is 300 g/mol. The number of rotatable bonds is 6. The number of carbonyl (C=O) groups is 2. The number of hydrogen-bond acceptors (Lipinski definition) is 6. The average Bonchev–Trinajstić information content (AvgIpc) is 3.06. The Morgan fingerprint density at radius 2 is 2.17 bits per heavy atom. The summed E-state index contributed by atoms with van der Waals surface area (Å²) in [5.74, 6) is -0.0795. The van der Waals surface area contributed by atoms with Gasteiger partial charge in [0.05, 0.1) is 25.1 Å². The molecule has 2 heterocycles. The molecule has 0 spiro atoms. The van der Waals surface area contributed by atoms with Crippen molar-refractivity contribution < 1.29 is 19.0 Å². The van der Waals surface area contributed by atoms with E-state index in [4.69, 9.17) is 4.74 Å². The number of hydrogen-bond donors (Lipinski definition) is 0. The summed E-state index contributed by atoms with van der Waals surface area (Å²) in [6.45, 7) is 4.68. The summed E-state index contributed by atoms with van der Waals surface area (Å²) < 4.78 is 9.97. The van der Waals surface area contributed by atoms with Gasteiger partial charge >= 0.3 is 0 Å². The van der Waals surface area contributed by atoms with E-state index < -0.39 is 5.54 Å². The van der Waals surface area contributed by atoms with Crippen LogP contribution in [0.5, 0.6) is 0 Å². The highest BCUT2D eigenvalue weighted by molar-refractivity contribution is 5.80. The van der Waals surface area contributed by atoms with Gasteiger partial charge in [0.2, 0.25) is 11.8 Å². The van der Waals surface area contributed by atoms with Crippen molar-refractivity contribution in [1.29, 1.82) is 0 Å². The van der Waals surface area contributed by atoms with E-state index in [2.05, 4.69) is 14.9 Å². The van der Waals surface area contributed by atoms with Crippen molar-refractivity contribution >= 4 is 11.8 Å². The zero-order valence-corrected chi connectivity index (χ0v) is 14.2. The lowest BCUT2D eigenvalue weighted by molar-refractivity contribution is -0.141. The third kappa shape index (κ3) is 3.69. The maximum atomic E-state index is 12.6. The minimum absolute atomic E-state index is 0.0217. The Hall–Kier alpha value is -1.96. The lowest BCUT2D eigenvalue weighted by Crippen LogP contribution is -2.52. The topological polar surface area (TPSA) is 88.8 Å². The fourth-order valence-electron chi connectivity index (χ4n) is 3.21. The monoisotopic (exact) mass is 324 g/mol. The molecule has 1 fully saturated rings. The number of aromatic nitrogens is 2. The average molecular weight is 324 g/mol. The molecule has 1 unspecified atom stereocenters. The van der Waals surface area contributed by atoms with E-state index in [1.807, 2.05) is 0 Å². The Morgan fingerprint density at radius 1 is 1.43 bits per heavy atom. The van der Waals surface area contributed by atoms with Crippen LogP contribution in [0, 0.1) is 6.92 Å². The van der Waals surface area contributed by atoms with Gasteiger partial charge in [0, 0.05) is 27.6 Å². The van der Waals surface area contributed by atoms with E-state index in [0.717, 1.165) is 12.8 Å². The number of ether oxygens (including phenoxy) is 1. The van der Waals surface area contributed by atoms with Gasteiger partial charge < -0.3 is 14.5 Å². The minimum atomic E-state index is -0.553. The molecule has 0 radical (unpaired) electrons. The first-order valence-corrected chi connectivity index (χ1v) is 7.69. The van der Waals surface area contributed by atoms with Crippen LogP contribution < -0.4 is 0 Å². The van der Waals surface area contributed by atoms with E-state index in [-0.39, 0.29) is 18.2 Å². The summed E-state index contributed by atoms with van der Waals surface area (Å²) in [6, 6.07) is 0. The van der Waals surface area contributed by atoms with E-state index in [0.29, 0.717) is 31.1 Å². The van der Waals surface area contributed by atoms with Crippen LogP contribution in [0.15, 0.2) is 4.63 Å². The standard InChI is InChI=1S/C15H24N4O4/c1-11-13(17-23-16-11)9-18(3)14(21)8-15(10-22-4)6-5-7-19(15)12(2)20/h5-10H2,1-4H3. The first kappa shape index (κ1) is 17.4. The zero-order valence-electron chi connectivity index (χ0n) is 14.2. The van der Waals surface area contributed by atoms with Crippen molar-refractivity contribution in [3.05, 3.63) is 11.4 Å². The van der Waals surface area contributed by atoms with Gasteiger partial charge in [-0.25, -0.2) is 4.63 Å². The van der Waals surface area contributed by atoms with Gasteiger partial charge in [-0.15, -0.1) is 0 Å². The van der Waals surface area contributed by atoms with Crippen molar-refractivity contribution in [1.82, 2.24) is 20.1 Å². The van der Waals surface area contributed by atoms with Crippen molar-refractivity contribution in [2.45, 2.75) is 45.2 Å². The number of aryl methyl sites for hydroxylation is 1. The highest BCUT2D eigenvalue weighted by Crippen LogP contribution is 2.33. The number of methoxy groups -OCH3 is 1. The minimum Gasteiger partial charge on any atom is -0.382 e.